The van der Waals surface area contributed by atoms with Gasteiger partial charge in [0.25, 0.3) is 5.69 Å². The summed E-state index contributed by atoms with van der Waals surface area (Å²) in [6.45, 7) is 0.949. The highest BCUT2D eigenvalue weighted by Crippen LogP contribution is 2.21. The van der Waals surface area contributed by atoms with Gasteiger partial charge in [-0.1, -0.05) is 30.3 Å². The average Bonchev–Trinajstić information content (AvgIpc) is 3.06. The van der Waals surface area contributed by atoms with E-state index in [9.17, 15) is 14.9 Å². The van der Waals surface area contributed by atoms with E-state index in [2.05, 4.69) is 15.6 Å². The lowest BCUT2D eigenvalue weighted by Crippen LogP contribution is -2.44. The van der Waals surface area contributed by atoms with Crippen molar-refractivity contribution in [2.24, 2.45) is 4.99 Å². The summed E-state index contributed by atoms with van der Waals surface area (Å²) in [5.41, 5.74) is 1.71. The maximum absolute atomic E-state index is 12.3. The molecule has 1 fully saturated rings. The number of carbonyl (C=O) groups is 1. The molecular formula is C19H21N5O3. The molecular weight excluding hydrogens is 346 g/mol. The fraction of sp³-hybridized carbons (Fsp3) is 0.263. The number of nitrogens with zero attached hydrogens (tertiary/aromatic N) is 3. The summed E-state index contributed by atoms with van der Waals surface area (Å²) >= 11 is 0. The van der Waals surface area contributed by atoms with Crippen LogP contribution in [-0.4, -0.2) is 36.4 Å². The quantitative estimate of drug-likeness (QED) is 0.365. The second-order valence-electron chi connectivity index (χ2n) is 6.24. The van der Waals surface area contributed by atoms with Gasteiger partial charge in [-0.05, 0) is 17.7 Å². The summed E-state index contributed by atoms with van der Waals surface area (Å²) in [5, 5.41) is 17.2. The lowest BCUT2D eigenvalue weighted by atomic mass is 10.2. The number of anilines is 1. The molecule has 0 aliphatic carbocycles. The Bertz CT molecular complexity index is 853. The van der Waals surface area contributed by atoms with Gasteiger partial charge in [0.2, 0.25) is 5.91 Å². The third-order valence-corrected chi connectivity index (χ3v) is 4.34. The van der Waals surface area contributed by atoms with Crippen molar-refractivity contribution in [1.82, 2.24) is 10.6 Å². The summed E-state index contributed by atoms with van der Waals surface area (Å²) in [5.74, 6) is 0.613. The Morgan fingerprint density at radius 3 is 2.74 bits per heavy atom. The molecule has 1 amide bonds. The van der Waals surface area contributed by atoms with Crippen molar-refractivity contribution in [2.75, 3.05) is 18.5 Å². The van der Waals surface area contributed by atoms with Gasteiger partial charge >= 0.3 is 0 Å². The maximum atomic E-state index is 12.3. The molecule has 0 saturated carbocycles. The zero-order valence-corrected chi connectivity index (χ0v) is 15.0. The summed E-state index contributed by atoms with van der Waals surface area (Å²) < 4.78 is 0. The molecule has 1 heterocycles. The zero-order chi connectivity index (χ0) is 19.2. The van der Waals surface area contributed by atoms with Crippen molar-refractivity contribution in [2.45, 2.75) is 19.0 Å². The minimum absolute atomic E-state index is 0.0529. The van der Waals surface area contributed by atoms with Crippen LogP contribution in [0, 0.1) is 10.1 Å². The third-order valence-electron chi connectivity index (χ3n) is 4.34. The van der Waals surface area contributed by atoms with Crippen LogP contribution < -0.4 is 15.5 Å². The molecule has 2 aromatic carbocycles. The van der Waals surface area contributed by atoms with Crippen LogP contribution >= 0.6 is 0 Å². The van der Waals surface area contributed by atoms with Crippen LogP contribution in [0.3, 0.4) is 0 Å². The standard InChI is InChI=1S/C19H21N5O3/c1-20-19(21-12-14-6-5-9-17(10-14)24(26)27)22-15-11-18(25)23(13-15)16-7-3-2-4-8-16/h2-10,15H,11-13H2,1H3,(H2,20,21,22). The van der Waals surface area contributed by atoms with E-state index in [4.69, 9.17) is 0 Å². The maximum Gasteiger partial charge on any atom is 0.269 e. The number of aliphatic imine (C=N–C) groups is 1. The number of amides is 1. The van der Waals surface area contributed by atoms with E-state index in [1.165, 1.54) is 12.1 Å². The molecule has 1 aliphatic heterocycles. The number of hydrogen-bond donors (Lipinski definition) is 2. The van der Waals surface area contributed by atoms with Crippen LogP contribution in [0.4, 0.5) is 11.4 Å². The number of para-hydroxylation sites is 1. The van der Waals surface area contributed by atoms with E-state index in [1.54, 1.807) is 18.0 Å². The molecule has 0 spiro atoms. The minimum atomic E-state index is -0.418. The Morgan fingerprint density at radius 1 is 1.26 bits per heavy atom. The van der Waals surface area contributed by atoms with Crippen LogP contribution in [0.15, 0.2) is 59.6 Å². The van der Waals surface area contributed by atoms with Gasteiger partial charge in [-0.2, -0.15) is 0 Å². The summed E-state index contributed by atoms with van der Waals surface area (Å²) in [4.78, 5) is 28.7. The van der Waals surface area contributed by atoms with Gasteiger partial charge in [-0.25, -0.2) is 0 Å². The number of carbonyl (C=O) groups excluding carboxylic acids is 1. The van der Waals surface area contributed by atoms with Crippen LogP contribution in [0.25, 0.3) is 0 Å². The minimum Gasteiger partial charge on any atom is -0.352 e. The normalized spacial score (nSPS) is 17.1. The first-order valence-electron chi connectivity index (χ1n) is 8.63. The van der Waals surface area contributed by atoms with Crippen molar-refractivity contribution in [3.8, 4) is 0 Å². The lowest BCUT2D eigenvalue weighted by molar-refractivity contribution is -0.384. The molecule has 1 aliphatic rings. The molecule has 27 heavy (non-hydrogen) atoms. The van der Waals surface area contributed by atoms with Crippen molar-refractivity contribution in [3.05, 3.63) is 70.3 Å². The lowest BCUT2D eigenvalue weighted by Gasteiger charge is -2.19. The number of nitro benzene ring substituents is 1. The largest absolute Gasteiger partial charge is 0.352 e. The fourth-order valence-corrected chi connectivity index (χ4v) is 3.02. The van der Waals surface area contributed by atoms with Gasteiger partial charge in [-0.15, -0.1) is 0 Å². The molecule has 3 rings (SSSR count). The highest BCUT2D eigenvalue weighted by molar-refractivity contribution is 5.97. The van der Waals surface area contributed by atoms with Crippen molar-refractivity contribution in [3.63, 3.8) is 0 Å². The zero-order valence-electron chi connectivity index (χ0n) is 15.0. The number of benzene rings is 2. The molecule has 2 N–H and O–H groups in total. The summed E-state index contributed by atoms with van der Waals surface area (Å²) in [7, 11) is 1.65. The van der Waals surface area contributed by atoms with E-state index in [1.807, 2.05) is 36.4 Å². The number of nitrogens with one attached hydrogen (secondary N) is 2. The smallest absolute Gasteiger partial charge is 0.269 e. The van der Waals surface area contributed by atoms with E-state index < -0.39 is 4.92 Å². The topological polar surface area (TPSA) is 99.9 Å². The van der Waals surface area contributed by atoms with Crippen LogP contribution in [0.1, 0.15) is 12.0 Å². The second kappa shape index (κ2) is 8.31. The van der Waals surface area contributed by atoms with Crippen molar-refractivity contribution in [1.29, 1.82) is 0 Å². The van der Waals surface area contributed by atoms with E-state index in [-0.39, 0.29) is 17.6 Å². The number of hydrogen-bond acceptors (Lipinski definition) is 4. The molecule has 1 saturated heterocycles. The number of rotatable bonds is 5. The molecule has 0 bridgehead atoms. The van der Waals surface area contributed by atoms with Crippen molar-refractivity contribution >= 4 is 23.2 Å². The Hall–Kier alpha value is -3.42. The number of nitro groups is 1. The molecule has 1 unspecified atom stereocenters. The van der Waals surface area contributed by atoms with Gasteiger partial charge in [-0.3, -0.25) is 19.9 Å². The average molecular weight is 367 g/mol. The van der Waals surface area contributed by atoms with Crippen LogP contribution in [0.5, 0.6) is 0 Å². The van der Waals surface area contributed by atoms with Gasteiger partial charge in [0.1, 0.15) is 0 Å². The first-order valence-corrected chi connectivity index (χ1v) is 8.63. The Balaban J connectivity index is 1.57. The van der Waals surface area contributed by atoms with E-state index >= 15 is 0 Å². The molecule has 1 atom stereocenters. The van der Waals surface area contributed by atoms with Gasteiger partial charge < -0.3 is 15.5 Å². The van der Waals surface area contributed by atoms with Crippen molar-refractivity contribution < 1.29 is 9.72 Å². The molecule has 0 aromatic heterocycles. The predicted octanol–water partition coefficient (Wildman–Crippen LogP) is 2.07. The Morgan fingerprint density at radius 2 is 2.04 bits per heavy atom. The fourth-order valence-electron chi connectivity index (χ4n) is 3.02. The molecule has 8 nitrogen and oxygen atoms in total. The molecule has 0 radical (unpaired) electrons. The van der Waals surface area contributed by atoms with E-state index in [0.717, 1.165) is 11.3 Å². The van der Waals surface area contributed by atoms with Gasteiger partial charge in [0.15, 0.2) is 5.96 Å². The van der Waals surface area contributed by atoms with Gasteiger partial charge in [0, 0.05) is 44.4 Å². The third kappa shape index (κ3) is 4.60. The number of non-ortho nitro benzene ring substituents is 1. The van der Waals surface area contributed by atoms with Crippen LogP contribution in [-0.2, 0) is 11.3 Å². The van der Waals surface area contributed by atoms with E-state index in [0.29, 0.717) is 25.5 Å². The highest BCUT2D eigenvalue weighted by Gasteiger charge is 2.31. The SMILES string of the molecule is CN=C(NCc1cccc([N+](=O)[O-])c1)NC1CC(=O)N(c2ccccc2)C1. The first-order chi connectivity index (χ1) is 13.1. The Labute approximate surface area is 157 Å². The molecule has 140 valence electrons. The molecule has 8 heteroatoms. The summed E-state index contributed by atoms with van der Waals surface area (Å²) in [6.07, 6.45) is 0.381. The monoisotopic (exact) mass is 367 g/mol. The highest BCUT2D eigenvalue weighted by atomic mass is 16.6. The summed E-state index contributed by atoms with van der Waals surface area (Å²) in [6, 6.07) is 15.9. The predicted molar refractivity (Wildman–Crippen MR) is 104 cm³/mol. The number of guanidine groups is 1. The second-order valence-corrected chi connectivity index (χ2v) is 6.24. The molecule has 2 aromatic rings. The Kier molecular flexibility index (Phi) is 5.65. The first kappa shape index (κ1) is 18.4. The van der Waals surface area contributed by atoms with Crippen LogP contribution in [0.2, 0.25) is 0 Å². The van der Waals surface area contributed by atoms with Gasteiger partial charge in [0.05, 0.1) is 11.0 Å².